The van der Waals surface area contributed by atoms with Gasteiger partial charge in [0.25, 0.3) is 0 Å². The van der Waals surface area contributed by atoms with Crippen LogP contribution >= 0.6 is 0 Å². The quantitative estimate of drug-likeness (QED) is 0.776. The first-order valence-corrected chi connectivity index (χ1v) is 6.92. The number of esters is 1. The predicted octanol–water partition coefficient (Wildman–Crippen LogP) is 2.56. The van der Waals surface area contributed by atoms with E-state index in [2.05, 4.69) is 0 Å². The summed E-state index contributed by atoms with van der Waals surface area (Å²) >= 11 is 0. The summed E-state index contributed by atoms with van der Waals surface area (Å²) in [7, 11) is 1.42. The fourth-order valence-corrected chi connectivity index (χ4v) is 2.74. The molecule has 2 rings (SSSR count). The van der Waals surface area contributed by atoms with E-state index >= 15 is 0 Å². The van der Waals surface area contributed by atoms with Gasteiger partial charge in [-0.25, -0.2) is 0 Å². The molecule has 1 fully saturated rings. The van der Waals surface area contributed by atoms with Crippen LogP contribution in [0.2, 0.25) is 0 Å². The molecule has 1 heterocycles. The van der Waals surface area contributed by atoms with Crippen LogP contribution in [-0.2, 0) is 25.6 Å². The summed E-state index contributed by atoms with van der Waals surface area (Å²) in [5.41, 5.74) is 0.489. The highest BCUT2D eigenvalue weighted by atomic mass is 16.6. The van der Waals surface area contributed by atoms with Crippen molar-refractivity contribution >= 4 is 5.97 Å². The average Bonchev–Trinajstić information content (AvgIpc) is 2.75. The first-order chi connectivity index (χ1) is 9.56. The third-order valence-electron chi connectivity index (χ3n) is 3.85. The van der Waals surface area contributed by atoms with Gasteiger partial charge in [0.1, 0.15) is 0 Å². The second-order valence-corrected chi connectivity index (χ2v) is 5.55. The van der Waals surface area contributed by atoms with E-state index in [-0.39, 0.29) is 18.2 Å². The third kappa shape index (κ3) is 3.19. The molecule has 0 saturated carbocycles. The number of hydrogen-bond donors (Lipinski definition) is 0. The Morgan fingerprint density at radius 2 is 2.10 bits per heavy atom. The Morgan fingerprint density at radius 1 is 1.40 bits per heavy atom. The summed E-state index contributed by atoms with van der Waals surface area (Å²) in [4.78, 5) is 12.0. The lowest BCUT2D eigenvalue weighted by atomic mass is 9.82. The average molecular weight is 278 g/mol. The molecule has 0 radical (unpaired) electrons. The molecule has 0 amide bonds. The molecule has 3 atom stereocenters. The number of carbonyl (C=O) groups is 1. The highest BCUT2D eigenvalue weighted by Crippen LogP contribution is 2.39. The number of benzene rings is 1. The maximum atomic E-state index is 12.0. The van der Waals surface area contributed by atoms with Crippen LogP contribution in [0.25, 0.3) is 0 Å². The van der Waals surface area contributed by atoms with Gasteiger partial charge in [-0.05, 0) is 25.8 Å². The van der Waals surface area contributed by atoms with E-state index in [1.54, 1.807) is 0 Å². The number of carbonyl (C=O) groups excluding carboxylic acids is 1. The third-order valence-corrected chi connectivity index (χ3v) is 3.85. The highest BCUT2D eigenvalue weighted by Gasteiger charge is 2.50. The largest absolute Gasteiger partial charge is 0.469 e. The molecule has 1 saturated heterocycles. The van der Waals surface area contributed by atoms with Crippen LogP contribution in [0.5, 0.6) is 0 Å². The van der Waals surface area contributed by atoms with Gasteiger partial charge in [-0.3, -0.25) is 4.79 Å². The molecule has 4 heteroatoms. The van der Waals surface area contributed by atoms with E-state index in [1.807, 2.05) is 44.2 Å². The number of rotatable bonds is 5. The molecule has 20 heavy (non-hydrogen) atoms. The molecule has 1 aromatic carbocycles. The predicted molar refractivity (Wildman–Crippen MR) is 75.2 cm³/mol. The van der Waals surface area contributed by atoms with E-state index in [9.17, 15) is 4.79 Å². The lowest BCUT2D eigenvalue weighted by Crippen LogP contribution is -2.39. The molecular formula is C16H22O4. The Kier molecular flexibility index (Phi) is 4.78. The Morgan fingerprint density at radius 3 is 2.75 bits per heavy atom. The molecule has 4 nitrogen and oxygen atoms in total. The summed E-state index contributed by atoms with van der Waals surface area (Å²) in [5, 5.41) is 0. The lowest BCUT2D eigenvalue weighted by molar-refractivity contribution is -0.157. The van der Waals surface area contributed by atoms with Gasteiger partial charge < -0.3 is 14.2 Å². The van der Waals surface area contributed by atoms with Crippen LogP contribution in [0.4, 0.5) is 0 Å². The normalized spacial score (nSPS) is 29.4. The van der Waals surface area contributed by atoms with Crippen molar-refractivity contribution in [2.75, 3.05) is 13.7 Å². The van der Waals surface area contributed by atoms with Gasteiger partial charge in [-0.1, -0.05) is 30.3 Å². The van der Waals surface area contributed by atoms with E-state index in [0.29, 0.717) is 19.6 Å². The zero-order valence-corrected chi connectivity index (χ0v) is 12.3. The fourth-order valence-electron chi connectivity index (χ4n) is 2.74. The molecule has 2 unspecified atom stereocenters. The monoisotopic (exact) mass is 278 g/mol. The van der Waals surface area contributed by atoms with E-state index in [0.717, 1.165) is 5.56 Å². The zero-order valence-electron chi connectivity index (χ0n) is 12.3. The van der Waals surface area contributed by atoms with Crippen LogP contribution in [0.3, 0.4) is 0 Å². The number of hydrogen-bond acceptors (Lipinski definition) is 4. The van der Waals surface area contributed by atoms with Crippen molar-refractivity contribution in [1.82, 2.24) is 0 Å². The molecule has 110 valence electrons. The SMILES string of the molecule is COC(=O)C1(C)CC(C)O[C@@H]1COCc1ccccc1. The maximum Gasteiger partial charge on any atom is 0.314 e. The second-order valence-electron chi connectivity index (χ2n) is 5.55. The second kappa shape index (κ2) is 6.37. The van der Waals surface area contributed by atoms with Gasteiger partial charge in [0.2, 0.25) is 0 Å². The van der Waals surface area contributed by atoms with Gasteiger partial charge in [0.05, 0.1) is 37.9 Å². The van der Waals surface area contributed by atoms with Crippen molar-refractivity contribution in [3.63, 3.8) is 0 Å². The smallest absolute Gasteiger partial charge is 0.314 e. The van der Waals surface area contributed by atoms with Crippen LogP contribution in [-0.4, -0.2) is 31.9 Å². The summed E-state index contributed by atoms with van der Waals surface area (Å²) in [6.45, 7) is 4.77. The fraction of sp³-hybridized carbons (Fsp3) is 0.562. The topological polar surface area (TPSA) is 44.8 Å². The molecule has 1 aromatic rings. The molecule has 1 aliphatic heterocycles. The standard InChI is InChI=1S/C16H22O4/c1-12-9-16(2,15(17)18-3)14(20-12)11-19-10-13-7-5-4-6-8-13/h4-8,12,14H,9-11H2,1-3H3/t12?,14-,16?/m1/s1. The van der Waals surface area contributed by atoms with Crippen molar-refractivity contribution in [2.24, 2.45) is 5.41 Å². The van der Waals surface area contributed by atoms with Gasteiger partial charge in [0.15, 0.2) is 0 Å². The van der Waals surface area contributed by atoms with Crippen molar-refractivity contribution in [3.8, 4) is 0 Å². The molecule has 0 aliphatic carbocycles. The molecule has 0 spiro atoms. The minimum Gasteiger partial charge on any atom is -0.469 e. The van der Waals surface area contributed by atoms with E-state index < -0.39 is 5.41 Å². The van der Waals surface area contributed by atoms with Gasteiger partial charge >= 0.3 is 5.97 Å². The van der Waals surface area contributed by atoms with Gasteiger partial charge in [-0.2, -0.15) is 0 Å². The minimum absolute atomic E-state index is 0.0458. The van der Waals surface area contributed by atoms with Gasteiger partial charge in [-0.15, -0.1) is 0 Å². The van der Waals surface area contributed by atoms with E-state index in [1.165, 1.54) is 7.11 Å². The number of ether oxygens (including phenoxy) is 3. The van der Waals surface area contributed by atoms with Crippen LogP contribution in [0.15, 0.2) is 30.3 Å². The zero-order chi connectivity index (χ0) is 14.6. The summed E-state index contributed by atoms with van der Waals surface area (Å²) < 4.78 is 16.4. The molecule has 0 bridgehead atoms. The van der Waals surface area contributed by atoms with Crippen molar-refractivity contribution in [3.05, 3.63) is 35.9 Å². The Labute approximate surface area is 120 Å². The van der Waals surface area contributed by atoms with Crippen molar-refractivity contribution in [2.45, 2.75) is 39.1 Å². The van der Waals surface area contributed by atoms with Crippen LogP contribution in [0.1, 0.15) is 25.8 Å². The molecular weight excluding hydrogens is 256 g/mol. The Hall–Kier alpha value is -1.39. The van der Waals surface area contributed by atoms with Crippen LogP contribution in [0, 0.1) is 5.41 Å². The number of methoxy groups -OCH3 is 1. The minimum atomic E-state index is -0.620. The van der Waals surface area contributed by atoms with Gasteiger partial charge in [0, 0.05) is 0 Å². The molecule has 1 aliphatic rings. The Bertz CT molecular complexity index is 445. The highest BCUT2D eigenvalue weighted by molar-refractivity contribution is 5.77. The Balaban J connectivity index is 1.92. The maximum absolute atomic E-state index is 12.0. The van der Waals surface area contributed by atoms with Crippen molar-refractivity contribution in [1.29, 1.82) is 0 Å². The first kappa shape index (κ1) is 15.0. The summed E-state index contributed by atoms with van der Waals surface area (Å²) in [6.07, 6.45) is 0.456. The lowest BCUT2D eigenvalue weighted by Gasteiger charge is -2.26. The first-order valence-electron chi connectivity index (χ1n) is 6.92. The van der Waals surface area contributed by atoms with E-state index in [4.69, 9.17) is 14.2 Å². The molecule has 0 aromatic heterocycles. The summed E-state index contributed by atoms with van der Waals surface area (Å²) in [5.74, 6) is -0.227. The summed E-state index contributed by atoms with van der Waals surface area (Å²) in [6, 6.07) is 9.95. The van der Waals surface area contributed by atoms with Crippen molar-refractivity contribution < 1.29 is 19.0 Å². The van der Waals surface area contributed by atoms with Crippen LogP contribution < -0.4 is 0 Å². The molecule has 0 N–H and O–H groups in total.